The van der Waals surface area contributed by atoms with E-state index >= 15 is 0 Å². The highest BCUT2D eigenvalue weighted by Gasteiger charge is 2.31. The minimum atomic E-state index is -0.124. The molecule has 2 saturated heterocycles. The minimum absolute atomic E-state index is 0.0369. The lowest BCUT2D eigenvalue weighted by Gasteiger charge is -2.35. The van der Waals surface area contributed by atoms with Crippen LogP contribution in [0.2, 0.25) is 5.02 Å². The molecule has 4 rings (SSSR count). The van der Waals surface area contributed by atoms with E-state index in [2.05, 4.69) is 28.4 Å². The highest BCUT2D eigenvalue weighted by Crippen LogP contribution is 2.22. The molecule has 0 saturated carbocycles. The maximum Gasteiger partial charge on any atom is 0.253 e. The summed E-state index contributed by atoms with van der Waals surface area (Å²) in [7, 11) is 0. The first-order valence-electron chi connectivity index (χ1n) is 12.0. The van der Waals surface area contributed by atoms with Crippen LogP contribution in [0.4, 0.5) is 0 Å². The van der Waals surface area contributed by atoms with Crippen LogP contribution in [-0.2, 0) is 11.3 Å². The van der Waals surface area contributed by atoms with Crippen molar-refractivity contribution in [1.29, 1.82) is 0 Å². The molecule has 1 unspecified atom stereocenters. The molecule has 2 amide bonds. The molecule has 2 aromatic carbocycles. The third kappa shape index (κ3) is 6.36. The normalized spacial score (nSPS) is 20.0. The van der Waals surface area contributed by atoms with Gasteiger partial charge in [0.25, 0.3) is 5.91 Å². The van der Waals surface area contributed by atoms with Crippen molar-refractivity contribution in [3.63, 3.8) is 0 Å². The molecule has 0 radical (unpaired) electrons. The number of rotatable bonds is 5. The molecule has 33 heavy (non-hydrogen) atoms. The zero-order valence-electron chi connectivity index (χ0n) is 19.6. The lowest BCUT2D eigenvalue weighted by Crippen LogP contribution is -2.50. The van der Waals surface area contributed by atoms with Gasteiger partial charge in [0.05, 0.1) is 5.92 Å². The summed E-state index contributed by atoms with van der Waals surface area (Å²) in [4.78, 5) is 30.3. The lowest BCUT2D eigenvalue weighted by atomic mass is 9.95. The minimum Gasteiger partial charge on any atom is -0.353 e. The fraction of sp³-hybridized carbons (Fsp3) is 0.481. The third-order valence-corrected chi connectivity index (χ3v) is 7.05. The van der Waals surface area contributed by atoms with E-state index in [9.17, 15) is 9.59 Å². The highest BCUT2D eigenvalue weighted by atomic mass is 35.5. The summed E-state index contributed by atoms with van der Waals surface area (Å²) >= 11 is 5.98. The molecule has 5 nitrogen and oxygen atoms in total. The Bertz CT molecular complexity index is 963. The number of benzene rings is 2. The summed E-state index contributed by atoms with van der Waals surface area (Å²) in [5.74, 6) is 0.0135. The highest BCUT2D eigenvalue weighted by molar-refractivity contribution is 6.30. The van der Waals surface area contributed by atoms with Crippen LogP contribution in [0.1, 0.15) is 52.7 Å². The first-order chi connectivity index (χ1) is 15.9. The number of nitrogens with one attached hydrogen (secondary N) is 1. The average Bonchev–Trinajstić information content (AvgIpc) is 2.81. The van der Waals surface area contributed by atoms with E-state index in [1.807, 2.05) is 43.0 Å². The van der Waals surface area contributed by atoms with E-state index in [4.69, 9.17) is 11.6 Å². The van der Waals surface area contributed by atoms with Gasteiger partial charge in [-0.3, -0.25) is 14.5 Å². The van der Waals surface area contributed by atoms with Crippen molar-refractivity contribution in [2.75, 3.05) is 26.2 Å². The van der Waals surface area contributed by atoms with Gasteiger partial charge in [-0.25, -0.2) is 0 Å². The monoisotopic (exact) mass is 467 g/mol. The van der Waals surface area contributed by atoms with Crippen molar-refractivity contribution in [2.24, 2.45) is 5.92 Å². The number of nitrogens with zero attached hydrogens (tertiary/aromatic N) is 2. The molecule has 0 bridgehead atoms. The molecule has 2 aromatic rings. The number of halogens is 1. The number of carbonyl (C=O) groups is 2. The molecule has 2 fully saturated rings. The first kappa shape index (κ1) is 23.8. The first-order valence-corrected chi connectivity index (χ1v) is 12.4. The van der Waals surface area contributed by atoms with Crippen LogP contribution in [0, 0.1) is 19.8 Å². The molecule has 0 aromatic heterocycles. The van der Waals surface area contributed by atoms with Gasteiger partial charge in [0.15, 0.2) is 0 Å². The Balaban J connectivity index is 1.26. The Morgan fingerprint density at radius 3 is 2.30 bits per heavy atom. The van der Waals surface area contributed by atoms with Crippen LogP contribution in [0.15, 0.2) is 42.5 Å². The molecule has 2 aliphatic rings. The summed E-state index contributed by atoms with van der Waals surface area (Å²) in [6, 6.07) is 14.2. The van der Waals surface area contributed by atoms with Gasteiger partial charge in [0.1, 0.15) is 0 Å². The Hall–Kier alpha value is -2.37. The molecule has 1 N–H and O–H groups in total. The zero-order chi connectivity index (χ0) is 23.4. The van der Waals surface area contributed by atoms with Crippen molar-refractivity contribution < 1.29 is 9.59 Å². The van der Waals surface area contributed by atoms with E-state index in [1.54, 1.807) is 0 Å². The van der Waals surface area contributed by atoms with Crippen LogP contribution in [-0.4, -0.2) is 53.8 Å². The largest absolute Gasteiger partial charge is 0.353 e. The van der Waals surface area contributed by atoms with Gasteiger partial charge in [-0.2, -0.15) is 0 Å². The van der Waals surface area contributed by atoms with Crippen molar-refractivity contribution in [3.8, 4) is 0 Å². The fourth-order valence-electron chi connectivity index (χ4n) is 5.06. The fourth-order valence-corrected chi connectivity index (χ4v) is 5.18. The number of piperidine rings is 2. The summed E-state index contributed by atoms with van der Waals surface area (Å²) in [6.07, 6.45) is 3.63. The maximum absolute atomic E-state index is 13.0. The van der Waals surface area contributed by atoms with Crippen LogP contribution in [0.5, 0.6) is 0 Å². The molecule has 2 heterocycles. The van der Waals surface area contributed by atoms with E-state index in [1.165, 1.54) is 5.56 Å². The predicted octanol–water partition coefficient (Wildman–Crippen LogP) is 4.59. The molecule has 2 aliphatic heterocycles. The lowest BCUT2D eigenvalue weighted by molar-refractivity contribution is -0.127. The topological polar surface area (TPSA) is 52.7 Å². The second kappa shape index (κ2) is 10.7. The van der Waals surface area contributed by atoms with Gasteiger partial charge in [-0.15, -0.1) is 0 Å². The summed E-state index contributed by atoms with van der Waals surface area (Å²) in [6.45, 7) is 8.10. The van der Waals surface area contributed by atoms with Crippen LogP contribution in [0.25, 0.3) is 0 Å². The zero-order valence-corrected chi connectivity index (χ0v) is 20.4. The SMILES string of the molecule is Cc1cc(C)cc(C(=O)N2CCCC(C(=O)NC3CCN(Cc4ccc(Cl)cc4)CC3)C2)c1. The quantitative estimate of drug-likeness (QED) is 0.699. The second-order valence-electron chi connectivity index (χ2n) is 9.65. The number of aryl methyl sites for hydroxylation is 2. The van der Waals surface area contributed by atoms with Gasteiger partial charge >= 0.3 is 0 Å². The molecule has 176 valence electrons. The smallest absolute Gasteiger partial charge is 0.253 e. The Morgan fingerprint density at radius 2 is 1.64 bits per heavy atom. The number of amides is 2. The standard InChI is InChI=1S/C27H34ClN3O2/c1-19-14-20(2)16-23(15-19)27(33)31-11-3-4-22(18-31)26(32)29-25-9-12-30(13-10-25)17-21-5-7-24(28)8-6-21/h5-8,14-16,22,25H,3-4,9-13,17-18H2,1-2H3,(H,29,32). The van der Waals surface area contributed by atoms with E-state index in [0.29, 0.717) is 6.54 Å². The summed E-state index contributed by atoms with van der Waals surface area (Å²) in [5, 5.41) is 4.04. The number of carbonyl (C=O) groups excluding carboxylic acids is 2. The number of hydrogen-bond donors (Lipinski definition) is 1. The molecule has 6 heteroatoms. The molecule has 0 aliphatic carbocycles. The van der Waals surface area contributed by atoms with E-state index < -0.39 is 0 Å². The maximum atomic E-state index is 13.0. The third-order valence-electron chi connectivity index (χ3n) is 6.80. The number of likely N-dealkylation sites (tertiary alicyclic amines) is 2. The van der Waals surface area contributed by atoms with Gasteiger partial charge in [0, 0.05) is 49.4 Å². The van der Waals surface area contributed by atoms with Crippen molar-refractivity contribution >= 4 is 23.4 Å². The van der Waals surface area contributed by atoms with E-state index in [-0.39, 0.29) is 23.8 Å². The predicted molar refractivity (Wildman–Crippen MR) is 132 cm³/mol. The molecular weight excluding hydrogens is 434 g/mol. The second-order valence-corrected chi connectivity index (χ2v) is 10.1. The molecule has 1 atom stereocenters. The molecular formula is C27H34ClN3O2. The summed E-state index contributed by atoms with van der Waals surface area (Å²) in [5.41, 5.74) is 4.17. The van der Waals surface area contributed by atoms with Crippen molar-refractivity contribution in [2.45, 2.75) is 52.1 Å². The summed E-state index contributed by atoms with van der Waals surface area (Å²) < 4.78 is 0. The van der Waals surface area contributed by atoms with Gasteiger partial charge in [-0.1, -0.05) is 40.9 Å². The van der Waals surface area contributed by atoms with Crippen molar-refractivity contribution in [3.05, 3.63) is 69.7 Å². The van der Waals surface area contributed by atoms with Gasteiger partial charge in [-0.05, 0) is 69.4 Å². The Morgan fingerprint density at radius 1 is 0.970 bits per heavy atom. The van der Waals surface area contributed by atoms with Crippen LogP contribution >= 0.6 is 11.6 Å². The Labute approximate surface area is 202 Å². The van der Waals surface area contributed by atoms with E-state index in [0.717, 1.165) is 73.6 Å². The van der Waals surface area contributed by atoms with Crippen LogP contribution < -0.4 is 5.32 Å². The van der Waals surface area contributed by atoms with Crippen LogP contribution in [0.3, 0.4) is 0 Å². The van der Waals surface area contributed by atoms with Crippen molar-refractivity contribution in [1.82, 2.24) is 15.1 Å². The van der Waals surface area contributed by atoms with Gasteiger partial charge in [0.2, 0.25) is 5.91 Å². The molecule has 0 spiro atoms. The number of hydrogen-bond acceptors (Lipinski definition) is 3. The Kier molecular flexibility index (Phi) is 7.71. The average molecular weight is 468 g/mol. The van der Waals surface area contributed by atoms with Gasteiger partial charge < -0.3 is 10.2 Å².